The number of hydrogen-bond donors (Lipinski definition) is 0. The zero-order valence-electron chi connectivity index (χ0n) is 12.0. The molecule has 1 aromatic heterocycles. The molecule has 110 valence electrons. The summed E-state index contributed by atoms with van der Waals surface area (Å²) in [7, 11) is 0. The Kier molecular flexibility index (Phi) is 4.16. The quantitative estimate of drug-likeness (QED) is 0.846. The fraction of sp³-hybridized carbons (Fsp3) is 0.250. The number of halogens is 1. The van der Waals surface area contributed by atoms with Gasteiger partial charge in [-0.2, -0.15) is 10.4 Å². The van der Waals surface area contributed by atoms with E-state index in [1.165, 1.54) is 0 Å². The van der Waals surface area contributed by atoms with Gasteiger partial charge in [0, 0.05) is 22.8 Å². The van der Waals surface area contributed by atoms with Gasteiger partial charge in [-0.3, -0.25) is 5.01 Å². The van der Waals surface area contributed by atoms with Crippen molar-refractivity contribution in [2.24, 2.45) is 11.0 Å². The molecule has 0 N–H and O–H groups in total. The number of anilines is 1. The van der Waals surface area contributed by atoms with Crippen molar-refractivity contribution in [3.8, 4) is 6.07 Å². The Morgan fingerprint density at radius 2 is 1.91 bits per heavy atom. The van der Waals surface area contributed by atoms with Crippen LogP contribution in [-0.4, -0.2) is 21.7 Å². The Hall–Kier alpha value is -2.26. The van der Waals surface area contributed by atoms with Gasteiger partial charge in [0.2, 0.25) is 0 Å². The second-order valence-corrected chi connectivity index (χ2v) is 6.01. The molecule has 6 heteroatoms. The van der Waals surface area contributed by atoms with Crippen molar-refractivity contribution >= 4 is 27.3 Å². The summed E-state index contributed by atoms with van der Waals surface area (Å²) in [5, 5.41) is 15.8. The lowest BCUT2D eigenvalue weighted by Gasteiger charge is -2.24. The van der Waals surface area contributed by atoms with Crippen molar-refractivity contribution in [2.45, 2.75) is 19.4 Å². The first kappa shape index (κ1) is 14.7. The molecule has 1 aromatic carbocycles. The van der Waals surface area contributed by atoms with Crippen LogP contribution < -0.4 is 5.01 Å². The Bertz CT molecular complexity index is 720. The molecule has 2 aromatic rings. The van der Waals surface area contributed by atoms with E-state index in [-0.39, 0.29) is 12.0 Å². The summed E-state index contributed by atoms with van der Waals surface area (Å²) in [6.07, 6.45) is 3.81. The van der Waals surface area contributed by atoms with Gasteiger partial charge in [0.25, 0.3) is 0 Å². The average molecular weight is 356 g/mol. The molecule has 1 aliphatic heterocycles. The lowest BCUT2D eigenvalue weighted by atomic mass is 9.95. The molecule has 0 fully saturated rings. The zero-order chi connectivity index (χ0) is 15.5. The van der Waals surface area contributed by atoms with Gasteiger partial charge < -0.3 is 0 Å². The first-order valence-electron chi connectivity index (χ1n) is 6.98. The summed E-state index contributed by atoms with van der Waals surface area (Å²) >= 11 is 3.43. The van der Waals surface area contributed by atoms with E-state index < -0.39 is 0 Å². The lowest BCUT2D eigenvalue weighted by Crippen LogP contribution is -2.32. The first-order valence-corrected chi connectivity index (χ1v) is 7.77. The number of nitriles is 1. The van der Waals surface area contributed by atoms with Gasteiger partial charge in [0.05, 0.1) is 24.2 Å². The number of rotatable bonds is 3. The highest BCUT2D eigenvalue weighted by molar-refractivity contribution is 9.10. The van der Waals surface area contributed by atoms with E-state index >= 15 is 0 Å². The molecular weight excluding hydrogens is 342 g/mol. The SMILES string of the molecule is CC1C(c2ncccn2)=NN(c2ccc(Br)cc2)C1CC#N. The third-order valence-corrected chi connectivity index (χ3v) is 4.25. The zero-order valence-corrected chi connectivity index (χ0v) is 13.6. The molecule has 22 heavy (non-hydrogen) atoms. The van der Waals surface area contributed by atoms with E-state index in [1.54, 1.807) is 18.5 Å². The fourth-order valence-corrected chi connectivity index (χ4v) is 2.82. The summed E-state index contributed by atoms with van der Waals surface area (Å²) in [5.41, 5.74) is 1.78. The second-order valence-electron chi connectivity index (χ2n) is 5.10. The maximum Gasteiger partial charge on any atom is 0.175 e. The Balaban J connectivity index is 2.00. The highest BCUT2D eigenvalue weighted by atomic mass is 79.9. The molecule has 1 aliphatic rings. The monoisotopic (exact) mass is 355 g/mol. The maximum atomic E-state index is 9.14. The van der Waals surface area contributed by atoms with E-state index in [4.69, 9.17) is 10.4 Å². The molecular formula is C16H14BrN5. The van der Waals surface area contributed by atoms with Gasteiger partial charge in [-0.15, -0.1) is 0 Å². The number of aromatic nitrogens is 2. The molecule has 3 rings (SSSR count). The topological polar surface area (TPSA) is 65.2 Å². The van der Waals surface area contributed by atoms with Crippen LogP contribution in [0.1, 0.15) is 19.2 Å². The lowest BCUT2D eigenvalue weighted by molar-refractivity contribution is 0.567. The van der Waals surface area contributed by atoms with Gasteiger partial charge in [-0.05, 0) is 30.3 Å². The summed E-state index contributed by atoms with van der Waals surface area (Å²) in [6, 6.07) is 11.9. The number of nitrogens with zero attached hydrogens (tertiary/aromatic N) is 5. The van der Waals surface area contributed by atoms with Crippen LogP contribution in [0.3, 0.4) is 0 Å². The maximum absolute atomic E-state index is 9.14. The molecule has 0 aliphatic carbocycles. The highest BCUT2D eigenvalue weighted by Gasteiger charge is 2.36. The molecule has 0 amide bonds. The third kappa shape index (κ3) is 2.72. The number of hydrogen-bond acceptors (Lipinski definition) is 5. The molecule has 2 heterocycles. The number of benzene rings is 1. The standard InChI is InChI=1S/C16H14BrN5/c1-11-14(7-8-18)22(13-5-3-12(17)4-6-13)21-15(11)16-19-9-2-10-20-16/h2-6,9-11,14H,7H2,1H3. The van der Waals surface area contributed by atoms with Crippen LogP contribution >= 0.6 is 15.9 Å². The molecule has 0 saturated carbocycles. The third-order valence-electron chi connectivity index (χ3n) is 3.72. The summed E-state index contributed by atoms with van der Waals surface area (Å²) in [6.45, 7) is 2.07. The van der Waals surface area contributed by atoms with E-state index in [2.05, 4.69) is 38.9 Å². The van der Waals surface area contributed by atoms with Crippen molar-refractivity contribution in [2.75, 3.05) is 5.01 Å². The predicted molar refractivity (Wildman–Crippen MR) is 88.4 cm³/mol. The molecule has 2 unspecified atom stereocenters. The smallest absolute Gasteiger partial charge is 0.175 e. The molecule has 0 spiro atoms. The minimum absolute atomic E-state index is 0.00928. The van der Waals surface area contributed by atoms with E-state index in [1.807, 2.05) is 29.3 Å². The Morgan fingerprint density at radius 1 is 1.23 bits per heavy atom. The van der Waals surface area contributed by atoms with Gasteiger partial charge in [-0.1, -0.05) is 22.9 Å². The molecule has 0 bridgehead atoms. The molecule has 5 nitrogen and oxygen atoms in total. The minimum atomic E-state index is -0.00928. The minimum Gasteiger partial charge on any atom is -0.260 e. The normalized spacial score (nSPS) is 20.6. The van der Waals surface area contributed by atoms with Gasteiger partial charge in [-0.25, -0.2) is 9.97 Å². The van der Waals surface area contributed by atoms with Crippen LogP contribution in [-0.2, 0) is 0 Å². The summed E-state index contributed by atoms with van der Waals surface area (Å²) < 4.78 is 1.01. The molecule has 0 saturated heterocycles. The largest absolute Gasteiger partial charge is 0.260 e. The van der Waals surface area contributed by atoms with Crippen LogP contribution in [0.5, 0.6) is 0 Å². The van der Waals surface area contributed by atoms with Crippen LogP contribution in [0.2, 0.25) is 0 Å². The van der Waals surface area contributed by atoms with E-state index in [9.17, 15) is 0 Å². The van der Waals surface area contributed by atoms with Crippen LogP contribution in [0.25, 0.3) is 0 Å². The van der Waals surface area contributed by atoms with Crippen LogP contribution in [0.15, 0.2) is 52.3 Å². The summed E-state index contributed by atoms with van der Waals surface area (Å²) in [4.78, 5) is 8.58. The fourth-order valence-electron chi connectivity index (χ4n) is 2.55. The van der Waals surface area contributed by atoms with Crippen molar-refractivity contribution < 1.29 is 0 Å². The molecule has 0 radical (unpaired) electrons. The Labute approximate surface area is 137 Å². The first-order chi connectivity index (χ1) is 10.7. The van der Waals surface area contributed by atoms with Crippen molar-refractivity contribution in [1.82, 2.24) is 9.97 Å². The van der Waals surface area contributed by atoms with Gasteiger partial charge >= 0.3 is 0 Å². The second kappa shape index (κ2) is 6.24. The van der Waals surface area contributed by atoms with Crippen LogP contribution in [0, 0.1) is 17.2 Å². The average Bonchev–Trinajstić information content (AvgIpc) is 2.87. The van der Waals surface area contributed by atoms with Gasteiger partial charge in [0.15, 0.2) is 5.82 Å². The molecule has 2 atom stereocenters. The van der Waals surface area contributed by atoms with Crippen molar-refractivity contribution in [3.63, 3.8) is 0 Å². The number of hydrazone groups is 1. The van der Waals surface area contributed by atoms with Crippen LogP contribution in [0.4, 0.5) is 5.69 Å². The van der Waals surface area contributed by atoms with E-state index in [0.29, 0.717) is 12.2 Å². The van der Waals surface area contributed by atoms with E-state index in [0.717, 1.165) is 15.9 Å². The van der Waals surface area contributed by atoms with Crippen molar-refractivity contribution in [3.05, 3.63) is 53.0 Å². The van der Waals surface area contributed by atoms with Gasteiger partial charge in [0.1, 0.15) is 5.71 Å². The highest BCUT2D eigenvalue weighted by Crippen LogP contribution is 2.32. The Morgan fingerprint density at radius 3 is 2.55 bits per heavy atom. The predicted octanol–water partition coefficient (Wildman–Crippen LogP) is 3.38. The summed E-state index contributed by atoms with van der Waals surface area (Å²) in [5.74, 6) is 0.711. The van der Waals surface area contributed by atoms with Crippen molar-refractivity contribution in [1.29, 1.82) is 5.26 Å².